The molecule has 24 heavy (non-hydrogen) atoms. The second-order valence-corrected chi connectivity index (χ2v) is 5.36. The van der Waals surface area contributed by atoms with E-state index in [4.69, 9.17) is 4.74 Å². The number of rotatable bonds is 6. The molecule has 0 saturated carbocycles. The van der Waals surface area contributed by atoms with Gasteiger partial charge in [0, 0.05) is 11.6 Å². The molecule has 0 saturated heterocycles. The number of anilines is 1. The Morgan fingerprint density at radius 1 is 1.29 bits per heavy atom. The van der Waals surface area contributed by atoms with Crippen LogP contribution in [-0.2, 0) is 20.7 Å². The monoisotopic (exact) mass is 349 g/mol. The highest BCUT2D eigenvalue weighted by Crippen LogP contribution is 2.17. The van der Waals surface area contributed by atoms with Crippen LogP contribution >= 0.6 is 11.3 Å². The maximum atomic E-state index is 12.1. The topological polar surface area (TPSA) is 107 Å². The van der Waals surface area contributed by atoms with Crippen molar-refractivity contribution in [3.63, 3.8) is 0 Å². The largest absolute Gasteiger partial charge is 0.466 e. The van der Waals surface area contributed by atoms with Crippen LogP contribution in [0.5, 0.6) is 0 Å². The zero-order valence-corrected chi connectivity index (χ0v) is 13.9. The van der Waals surface area contributed by atoms with E-state index in [-0.39, 0.29) is 23.6 Å². The highest BCUT2D eigenvalue weighted by molar-refractivity contribution is 7.14. The lowest BCUT2D eigenvalue weighted by molar-refractivity contribution is -0.142. The number of hydrogen-bond acceptors (Lipinski definition) is 8. The number of nitrogens with one attached hydrogen (secondary N) is 1. The maximum absolute atomic E-state index is 12.1. The third-order valence-electron chi connectivity index (χ3n) is 2.82. The van der Waals surface area contributed by atoms with Crippen molar-refractivity contribution < 1.29 is 23.9 Å². The molecule has 1 amide bonds. The quantitative estimate of drug-likeness (QED) is 0.791. The Hall–Kier alpha value is -2.81. The van der Waals surface area contributed by atoms with Crippen LogP contribution in [0.3, 0.4) is 0 Å². The predicted octanol–water partition coefficient (Wildman–Crippen LogP) is 1.68. The first-order chi connectivity index (χ1) is 11.5. The lowest BCUT2D eigenvalue weighted by atomic mass is 10.2. The van der Waals surface area contributed by atoms with Crippen LogP contribution in [0.4, 0.5) is 5.13 Å². The van der Waals surface area contributed by atoms with Gasteiger partial charge in [-0.15, -0.1) is 11.3 Å². The number of ether oxygens (including phenoxy) is 2. The first kappa shape index (κ1) is 17.5. The van der Waals surface area contributed by atoms with Gasteiger partial charge in [0.15, 0.2) is 5.13 Å². The van der Waals surface area contributed by atoms with E-state index in [1.807, 2.05) is 0 Å². The van der Waals surface area contributed by atoms with Gasteiger partial charge in [0.05, 0.1) is 31.4 Å². The Kier molecular flexibility index (Phi) is 5.96. The first-order valence-corrected chi connectivity index (χ1v) is 7.87. The molecule has 0 aliphatic rings. The van der Waals surface area contributed by atoms with Gasteiger partial charge in [0.25, 0.3) is 5.91 Å². The summed E-state index contributed by atoms with van der Waals surface area (Å²) >= 11 is 1.19. The number of thiazole rings is 1. The normalized spacial score (nSPS) is 10.1. The van der Waals surface area contributed by atoms with Gasteiger partial charge < -0.3 is 9.47 Å². The van der Waals surface area contributed by atoms with E-state index < -0.39 is 11.9 Å². The number of esters is 2. The minimum atomic E-state index is -0.530. The Morgan fingerprint density at radius 2 is 2.08 bits per heavy atom. The van der Waals surface area contributed by atoms with E-state index in [1.54, 1.807) is 12.3 Å². The molecule has 0 aliphatic carbocycles. The van der Waals surface area contributed by atoms with Crippen molar-refractivity contribution in [2.24, 2.45) is 0 Å². The molecule has 0 bridgehead atoms. The third-order valence-corrected chi connectivity index (χ3v) is 3.63. The van der Waals surface area contributed by atoms with Crippen LogP contribution in [0.15, 0.2) is 23.7 Å². The molecule has 8 nitrogen and oxygen atoms in total. The van der Waals surface area contributed by atoms with E-state index in [9.17, 15) is 14.4 Å². The molecule has 0 unspecified atom stereocenters. The van der Waals surface area contributed by atoms with Gasteiger partial charge in [-0.2, -0.15) is 0 Å². The summed E-state index contributed by atoms with van der Waals surface area (Å²) in [5.41, 5.74) is 0.896. The second-order valence-electron chi connectivity index (χ2n) is 4.50. The molecule has 0 fully saturated rings. The average molecular weight is 349 g/mol. The van der Waals surface area contributed by atoms with Crippen LogP contribution in [0.2, 0.25) is 0 Å². The van der Waals surface area contributed by atoms with Crippen molar-refractivity contribution >= 4 is 34.3 Å². The van der Waals surface area contributed by atoms with E-state index in [1.165, 1.54) is 36.8 Å². The molecule has 2 aromatic rings. The van der Waals surface area contributed by atoms with Crippen LogP contribution in [0.1, 0.15) is 33.5 Å². The van der Waals surface area contributed by atoms with Gasteiger partial charge in [0.1, 0.15) is 5.69 Å². The SMILES string of the molecule is CCOC(=O)Cc1csc(NC(=O)c2ccc(C(=O)OC)cn2)n1. The van der Waals surface area contributed by atoms with Gasteiger partial charge >= 0.3 is 11.9 Å². The third kappa shape index (κ3) is 4.59. The smallest absolute Gasteiger partial charge is 0.339 e. The fraction of sp³-hybridized carbons (Fsp3) is 0.267. The van der Waals surface area contributed by atoms with E-state index in [2.05, 4.69) is 20.0 Å². The molecule has 0 aliphatic heterocycles. The molecule has 9 heteroatoms. The molecule has 0 spiro atoms. The molecule has 2 aromatic heterocycles. The minimum absolute atomic E-state index is 0.0479. The summed E-state index contributed by atoms with van der Waals surface area (Å²) in [5, 5.41) is 4.60. The Labute approximate surface area is 141 Å². The zero-order chi connectivity index (χ0) is 17.5. The summed E-state index contributed by atoms with van der Waals surface area (Å²) in [6.45, 7) is 2.03. The average Bonchev–Trinajstić information content (AvgIpc) is 3.01. The Bertz CT molecular complexity index is 742. The second kappa shape index (κ2) is 8.16. The van der Waals surface area contributed by atoms with Gasteiger partial charge in [-0.1, -0.05) is 0 Å². The molecule has 2 heterocycles. The van der Waals surface area contributed by atoms with Gasteiger partial charge in [-0.3, -0.25) is 19.9 Å². The highest BCUT2D eigenvalue weighted by Gasteiger charge is 2.13. The van der Waals surface area contributed by atoms with Gasteiger partial charge in [-0.05, 0) is 19.1 Å². The lowest BCUT2D eigenvalue weighted by Gasteiger charge is -2.02. The standard InChI is InChI=1S/C15H15N3O5S/c1-3-23-12(19)6-10-8-24-15(17-10)18-13(20)11-5-4-9(7-16-11)14(21)22-2/h4-5,7-8H,3,6H2,1-2H3,(H,17,18,20). The van der Waals surface area contributed by atoms with Crippen molar-refractivity contribution in [1.29, 1.82) is 0 Å². The maximum Gasteiger partial charge on any atom is 0.339 e. The van der Waals surface area contributed by atoms with E-state index >= 15 is 0 Å². The molecule has 2 rings (SSSR count). The van der Waals surface area contributed by atoms with Crippen molar-refractivity contribution in [2.45, 2.75) is 13.3 Å². The number of hydrogen-bond donors (Lipinski definition) is 1. The summed E-state index contributed by atoms with van der Waals surface area (Å²) in [4.78, 5) is 42.8. The molecule has 126 valence electrons. The highest BCUT2D eigenvalue weighted by atomic mass is 32.1. The summed E-state index contributed by atoms with van der Waals surface area (Å²) in [7, 11) is 1.26. The number of methoxy groups -OCH3 is 1. The zero-order valence-electron chi connectivity index (χ0n) is 13.1. The Morgan fingerprint density at radius 3 is 2.71 bits per heavy atom. The lowest BCUT2D eigenvalue weighted by Crippen LogP contribution is -2.14. The number of carbonyl (C=O) groups is 3. The predicted molar refractivity (Wildman–Crippen MR) is 86.0 cm³/mol. The van der Waals surface area contributed by atoms with Crippen LogP contribution in [0, 0.1) is 0 Å². The number of carbonyl (C=O) groups excluding carboxylic acids is 3. The fourth-order valence-electron chi connectivity index (χ4n) is 1.73. The van der Waals surface area contributed by atoms with Crippen molar-refractivity contribution in [2.75, 3.05) is 19.0 Å². The number of amides is 1. The summed E-state index contributed by atoms with van der Waals surface area (Å²) in [6, 6.07) is 2.86. The van der Waals surface area contributed by atoms with Crippen LogP contribution in [-0.4, -0.2) is 41.5 Å². The summed E-state index contributed by atoms with van der Waals surface area (Å²) < 4.78 is 9.39. The fourth-order valence-corrected chi connectivity index (χ4v) is 2.44. The summed E-state index contributed by atoms with van der Waals surface area (Å²) in [5.74, 6) is -1.37. The molecule has 1 N–H and O–H groups in total. The van der Waals surface area contributed by atoms with Gasteiger partial charge in [-0.25, -0.2) is 9.78 Å². The molecular weight excluding hydrogens is 334 g/mol. The van der Waals surface area contributed by atoms with E-state index in [0.717, 1.165) is 0 Å². The van der Waals surface area contributed by atoms with Gasteiger partial charge in [0.2, 0.25) is 0 Å². The van der Waals surface area contributed by atoms with Crippen LogP contribution in [0.25, 0.3) is 0 Å². The Balaban J connectivity index is 1.98. The first-order valence-electron chi connectivity index (χ1n) is 6.99. The van der Waals surface area contributed by atoms with Crippen molar-refractivity contribution in [1.82, 2.24) is 9.97 Å². The van der Waals surface area contributed by atoms with Crippen molar-refractivity contribution in [3.05, 3.63) is 40.7 Å². The molecule has 0 radical (unpaired) electrons. The number of nitrogens with zero attached hydrogens (tertiary/aromatic N) is 2. The molecule has 0 atom stereocenters. The minimum Gasteiger partial charge on any atom is -0.466 e. The molecular formula is C15H15N3O5S. The number of pyridine rings is 1. The molecule has 0 aromatic carbocycles. The van der Waals surface area contributed by atoms with Crippen LogP contribution < -0.4 is 5.32 Å². The van der Waals surface area contributed by atoms with Crippen molar-refractivity contribution in [3.8, 4) is 0 Å². The van der Waals surface area contributed by atoms with E-state index in [0.29, 0.717) is 17.4 Å². The number of aromatic nitrogens is 2. The summed E-state index contributed by atoms with van der Waals surface area (Å²) in [6.07, 6.45) is 1.31.